The van der Waals surface area contributed by atoms with Crippen LogP contribution < -0.4 is 5.14 Å². The van der Waals surface area contributed by atoms with Crippen molar-refractivity contribution in [3.8, 4) is 0 Å². The second-order valence-electron chi connectivity index (χ2n) is 4.17. The normalized spacial score (nSPS) is 20.8. The van der Waals surface area contributed by atoms with Gasteiger partial charge < -0.3 is 0 Å². The summed E-state index contributed by atoms with van der Waals surface area (Å²) in [5.74, 6) is 0. The van der Waals surface area contributed by atoms with Crippen LogP contribution in [0.1, 0.15) is 30.0 Å². The molecule has 0 radical (unpaired) electrons. The Morgan fingerprint density at radius 2 is 2.06 bits per heavy atom. The molecule has 1 aliphatic carbocycles. The molecule has 0 aromatic heterocycles. The van der Waals surface area contributed by atoms with Gasteiger partial charge in [0.15, 0.2) is 0 Å². The maximum absolute atomic E-state index is 11.3. The largest absolute Gasteiger partial charge is 0.277 e. The molecule has 2 N–H and O–H groups in total. The first-order valence-corrected chi connectivity index (χ1v) is 6.84. The highest BCUT2D eigenvalue weighted by Crippen LogP contribution is 2.33. The number of hydrogen-bond acceptors (Lipinski definition) is 2. The summed E-state index contributed by atoms with van der Waals surface area (Å²) in [5.41, 5.74) is 2.32. The van der Waals surface area contributed by atoms with Crippen LogP contribution in [0.2, 0.25) is 0 Å². The third-order valence-electron chi connectivity index (χ3n) is 3.18. The van der Waals surface area contributed by atoms with E-state index in [9.17, 15) is 8.42 Å². The van der Waals surface area contributed by atoms with Gasteiger partial charge in [-0.25, -0.2) is 5.14 Å². The molecule has 0 heterocycles. The van der Waals surface area contributed by atoms with Crippen molar-refractivity contribution in [1.82, 2.24) is 4.31 Å². The van der Waals surface area contributed by atoms with E-state index in [2.05, 4.69) is 6.07 Å². The zero-order chi connectivity index (χ0) is 11.8. The molecule has 16 heavy (non-hydrogen) atoms. The molecule has 1 aromatic carbocycles. The number of benzene rings is 1. The molecule has 0 spiro atoms. The fraction of sp³-hybridized carbons (Fsp3) is 0.455. The molecule has 1 unspecified atom stereocenters. The Balaban J connectivity index is 2.39. The van der Waals surface area contributed by atoms with Crippen molar-refractivity contribution in [3.05, 3.63) is 35.4 Å². The molecule has 0 saturated carbocycles. The van der Waals surface area contributed by atoms with Crippen LogP contribution in [0.15, 0.2) is 24.3 Å². The maximum atomic E-state index is 11.3. The molecule has 0 aliphatic heterocycles. The SMILES string of the molecule is CN(C1CCCc2ccccc21)S(N)(=O)=O. The summed E-state index contributed by atoms with van der Waals surface area (Å²) in [5, 5.41) is 5.17. The van der Waals surface area contributed by atoms with Gasteiger partial charge in [0.2, 0.25) is 0 Å². The van der Waals surface area contributed by atoms with E-state index in [1.807, 2.05) is 18.2 Å². The van der Waals surface area contributed by atoms with E-state index in [1.54, 1.807) is 7.05 Å². The minimum atomic E-state index is -3.61. The van der Waals surface area contributed by atoms with Crippen LogP contribution in [-0.2, 0) is 16.6 Å². The van der Waals surface area contributed by atoms with Crippen molar-refractivity contribution in [2.24, 2.45) is 5.14 Å². The van der Waals surface area contributed by atoms with Crippen molar-refractivity contribution in [1.29, 1.82) is 0 Å². The summed E-state index contributed by atoms with van der Waals surface area (Å²) in [6.07, 6.45) is 2.86. The Bertz CT molecular complexity index is 485. The fourth-order valence-corrected chi connectivity index (χ4v) is 2.86. The third-order valence-corrected chi connectivity index (χ3v) is 4.24. The lowest BCUT2D eigenvalue weighted by Crippen LogP contribution is -2.37. The van der Waals surface area contributed by atoms with E-state index in [1.165, 1.54) is 9.87 Å². The van der Waals surface area contributed by atoms with Crippen molar-refractivity contribution < 1.29 is 8.42 Å². The molecule has 1 aliphatic rings. The highest BCUT2D eigenvalue weighted by Gasteiger charge is 2.28. The number of nitrogens with zero attached hydrogens (tertiary/aromatic N) is 1. The molecule has 0 amide bonds. The van der Waals surface area contributed by atoms with Gasteiger partial charge in [-0.15, -0.1) is 0 Å². The van der Waals surface area contributed by atoms with E-state index in [0.717, 1.165) is 24.8 Å². The molecule has 4 nitrogen and oxygen atoms in total. The van der Waals surface area contributed by atoms with Crippen LogP contribution in [0.25, 0.3) is 0 Å². The van der Waals surface area contributed by atoms with E-state index in [-0.39, 0.29) is 6.04 Å². The third kappa shape index (κ3) is 2.11. The molecule has 5 heteroatoms. The first kappa shape index (κ1) is 11.6. The minimum Gasteiger partial charge on any atom is -0.216 e. The van der Waals surface area contributed by atoms with Crippen LogP contribution in [0, 0.1) is 0 Å². The topological polar surface area (TPSA) is 63.4 Å². The summed E-state index contributed by atoms with van der Waals surface area (Å²) < 4.78 is 24.0. The molecule has 88 valence electrons. The average Bonchev–Trinajstić information content (AvgIpc) is 2.26. The van der Waals surface area contributed by atoms with Gasteiger partial charge in [-0.1, -0.05) is 24.3 Å². The van der Waals surface area contributed by atoms with E-state index in [4.69, 9.17) is 5.14 Å². The summed E-state index contributed by atoms with van der Waals surface area (Å²) in [6.45, 7) is 0. The number of rotatable bonds is 2. The summed E-state index contributed by atoms with van der Waals surface area (Å²) in [6, 6.07) is 7.85. The maximum Gasteiger partial charge on any atom is 0.277 e. The Morgan fingerprint density at radius 3 is 2.75 bits per heavy atom. The van der Waals surface area contributed by atoms with Crippen LogP contribution in [0.4, 0.5) is 0 Å². The summed E-state index contributed by atoms with van der Waals surface area (Å²) in [7, 11) is -2.07. The minimum absolute atomic E-state index is 0.111. The molecule has 0 saturated heterocycles. The van der Waals surface area contributed by atoms with Gasteiger partial charge in [0.25, 0.3) is 10.2 Å². The van der Waals surface area contributed by atoms with Crippen LogP contribution >= 0.6 is 0 Å². The van der Waals surface area contributed by atoms with Gasteiger partial charge >= 0.3 is 0 Å². The molecular weight excluding hydrogens is 224 g/mol. The second-order valence-corrected chi connectivity index (χ2v) is 5.77. The summed E-state index contributed by atoms with van der Waals surface area (Å²) in [4.78, 5) is 0. The van der Waals surface area contributed by atoms with E-state index >= 15 is 0 Å². The fourth-order valence-electron chi connectivity index (χ4n) is 2.28. The van der Waals surface area contributed by atoms with Crippen molar-refractivity contribution >= 4 is 10.2 Å². The van der Waals surface area contributed by atoms with Crippen LogP contribution in [0.3, 0.4) is 0 Å². The zero-order valence-electron chi connectivity index (χ0n) is 9.26. The lowest BCUT2D eigenvalue weighted by molar-refractivity contribution is 0.338. The quantitative estimate of drug-likeness (QED) is 0.844. The Morgan fingerprint density at radius 1 is 1.38 bits per heavy atom. The zero-order valence-corrected chi connectivity index (χ0v) is 10.1. The van der Waals surface area contributed by atoms with Crippen molar-refractivity contribution in [3.63, 3.8) is 0 Å². The molecular formula is C11H16N2O2S. The molecule has 1 atom stereocenters. The van der Waals surface area contributed by atoms with Gasteiger partial charge in [-0.2, -0.15) is 12.7 Å². The number of aryl methyl sites for hydroxylation is 1. The second kappa shape index (κ2) is 4.16. The van der Waals surface area contributed by atoms with Gasteiger partial charge in [0, 0.05) is 7.05 Å². The average molecular weight is 240 g/mol. The molecule has 0 bridgehead atoms. The monoisotopic (exact) mass is 240 g/mol. The first-order valence-electron chi connectivity index (χ1n) is 5.33. The lowest BCUT2D eigenvalue weighted by Gasteiger charge is -2.31. The van der Waals surface area contributed by atoms with E-state index in [0.29, 0.717) is 0 Å². The standard InChI is InChI=1S/C11H16N2O2S/c1-13(16(12,14)15)11-8-4-6-9-5-2-3-7-10(9)11/h2-3,5,7,11H,4,6,8H2,1H3,(H2,12,14,15). The number of fused-ring (bicyclic) bond motifs is 1. The molecule has 2 rings (SSSR count). The predicted molar refractivity (Wildman–Crippen MR) is 63.0 cm³/mol. The Labute approximate surface area is 96.2 Å². The van der Waals surface area contributed by atoms with Gasteiger partial charge in [-0.05, 0) is 30.4 Å². The molecule has 0 fully saturated rings. The van der Waals surface area contributed by atoms with Crippen molar-refractivity contribution in [2.75, 3.05) is 7.05 Å². The molecule has 1 aromatic rings. The number of hydrogen-bond donors (Lipinski definition) is 1. The van der Waals surface area contributed by atoms with Gasteiger partial charge in [-0.3, -0.25) is 0 Å². The Hall–Kier alpha value is -0.910. The predicted octanol–water partition coefficient (Wildman–Crippen LogP) is 1.20. The van der Waals surface area contributed by atoms with Crippen molar-refractivity contribution in [2.45, 2.75) is 25.3 Å². The first-order chi connectivity index (χ1) is 7.50. The highest BCUT2D eigenvalue weighted by molar-refractivity contribution is 7.86. The summed E-state index contributed by atoms with van der Waals surface area (Å²) >= 11 is 0. The lowest BCUT2D eigenvalue weighted by atomic mass is 9.88. The smallest absolute Gasteiger partial charge is 0.216 e. The van der Waals surface area contributed by atoms with Crippen LogP contribution in [0.5, 0.6) is 0 Å². The highest BCUT2D eigenvalue weighted by atomic mass is 32.2. The van der Waals surface area contributed by atoms with E-state index < -0.39 is 10.2 Å². The van der Waals surface area contributed by atoms with Gasteiger partial charge in [0.1, 0.15) is 0 Å². The Kier molecular flexibility index (Phi) is 3.01. The van der Waals surface area contributed by atoms with Crippen LogP contribution in [-0.4, -0.2) is 19.8 Å². The van der Waals surface area contributed by atoms with Gasteiger partial charge in [0.05, 0.1) is 6.04 Å². The number of nitrogens with two attached hydrogens (primary N) is 1.